The molecule has 3 heteroatoms. The van der Waals surface area contributed by atoms with E-state index in [2.05, 4.69) is 24.0 Å². The fraction of sp³-hybridized carbons (Fsp3) is 0.556. The van der Waals surface area contributed by atoms with Crippen LogP contribution < -0.4 is 0 Å². The molecule has 0 aliphatic heterocycles. The Morgan fingerprint density at radius 1 is 1.67 bits per heavy atom. The molecule has 1 aromatic heterocycles. The van der Waals surface area contributed by atoms with Gasteiger partial charge < -0.3 is 0 Å². The van der Waals surface area contributed by atoms with E-state index in [-0.39, 0.29) is 0 Å². The summed E-state index contributed by atoms with van der Waals surface area (Å²) in [4.78, 5) is 0. The minimum absolute atomic E-state index is 0.550. The first-order valence-corrected chi connectivity index (χ1v) is 4.16. The Labute approximate surface area is 72.4 Å². The number of aryl methyl sites for hydroxylation is 1. The second kappa shape index (κ2) is 3.91. The van der Waals surface area contributed by atoms with Gasteiger partial charge in [0, 0.05) is 0 Å². The molecule has 0 saturated carbocycles. The second-order valence-electron chi connectivity index (χ2n) is 3.32. The maximum atomic E-state index is 8.51. The number of aromatic amines is 1. The Bertz CT molecular complexity index is 280. The molecular weight excluding hydrogens is 150 g/mol. The molecule has 0 saturated heterocycles. The minimum atomic E-state index is 0.550. The van der Waals surface area contributed by atoms with Crippen molar-refractivity contribution >= 4 is 0 Å². The second-order valence-corrected chi connectivity index (χ2v) is 3.32. The average Bonchev–Trinajstić information content (AvgIpc) is 2.48. The van der Waals surface area contributed by atoms with E-state index in [0.29, 0.717) is 11.6 Å². The maximum absolute atomic E-state index is 8.51. The van der Waals surface area contributed by atoms with Crippen molar-refractivity contribution in [2.75, 3.05) is 0 Å². The monoisotopic (exact) mass is 163 g/mol. The van der Waals surface area contributed by atoms with Crippen molar-refractivity contribution in [3.63, 3.8) is 0 Å². The highest BCUT2D eigenvalue weighted by Crippen LogP contribution is 2.07. The summed E-state index contributed by atoms with van der Waals surface area (Å²) < 4.78 is 0. The number of nitrogens with zero attached hydrogens (tertiary/aromatic N) is 2. The van der Waals surface area contributed by atoms with Gasteiger partial charge in [0.1, 0.15) is 11.8 Å². The molecule has 0 aliphatic carbocycles. The molecule has 1 aromatic rings. The van der Waals surface area contributed by atoms with E-state index in [4.69, 9.17) is 5.26 Å². The SMILES string of the molecule is CC(C)CCc1cc(C#N)[nH]n1. The molecule has 0 aliphatic rings. The lowest BCUT2D eigenvalue weighted by Crippen LogP contribution is -1.91. The van der Waals surface area contributed by atoms with Crippen molar-refractivity contribution < 1.29 is 0 Å². The van der Waals surface area contributed by atoms with Crippen LogP contribution in [-0.2, 0) is 6.42 Å². The van der Waals surface area contributed by atoms with Crippen molar-refractivity contribution in [2.45, 2.75) is 26.7 Å². The van der Waals surface area contributed by atoms with Gasteiger partial charge in [-0.2, -0.15) is 10.4 Å². The van der Waals surface area contributed by atoms with E-state index in [1.54, 1.807) is 0 Å². The van der Waals surface area contributed by atoms with Gasteiger partial charge in [-0.15, -0.1) is 0 Å². The van der Waals surface area contributed by atoms with Crippen LogP contribution in [0.1, 0.15) is 31.7 Å². The highest BCUT2D eigenvalue weighted by atomic mass is 15.1. The average molecular weight is 163 g/mol. The lowest BCUT2D eigenvalue weighted by Gasteiger charge is -1.99. The van der Waals surface area contributed by atoms with Gasteiger partial charge in [-0.1, -0.05) is 13.8 Å². The molecular formula is C9H13N3. The van der Waals surface area contributed by atoms with Crippen LogP contribution in [0.25, 0.3) is 0 Å². The quantitative estimate of drug-likeness (QED) is 0.739. The Morgan fingerprint density at radius 2 is 2.42 bits per heavy atom. The predicted molar refractivity (Wildman–Crippen MR) is 46.5 cm³/mol. The fourth-order valence-corrected chi connectivity index (χ4v) is 0.985. The van der Waals surface area contributed by atoms with Crippen LogP contribution in [-0.4, -0.2) is 10.2 Å². The third kappa shape index (κ3) is 2.39. The summed E-state index contributed by atoms with van der Waals surface area (Å²) in [5, 5.41) is 15.2. The molecule has 0 amide bonds. The van der Waals surface area contributed by atoms with E-state index in [1.807, 2.05) is 12.1 Å². The van der Waals surface area contributed by atoms with Crippen LogP contribution >= 0.6 is 0 Å². The fourth-order valence-electron chi connectivity index (χ4n) is 0.985. The van der Waals surface area contributed by atoms with Crippen LogP contribution in [0.2, 0.25) is 0 Å². The van der Waals surface area contributed by atoms with Crippen molar-refractivity contribution in [3.8, 4) is 6.07 Å². The number of H-pyrrole nitrogens is 1. The highest BCUT2D eigenvalue weighted by Gasteiger charge is 2.01. The zero-order valence-corrected chi connectivity index (χ0v) is 7.46. The van der Waals surface area contributed by atoms with E-state index in [9.17, 15) is 0 Å². The van der Waals surface area contributed by atoms with Crippen LogP contribution in [0.4, 0.5) is 0 Å². The van der Waals surface area contributed by atoms with Gasteiger partial charge in [0.05, 0.1) is 5.69 Å². The van der Waals surface area contributed by atoms with Crippen LogP contribution in [0.5, 0.6) is 0 Å². The summed E-state index contributed by atoms with van der Waals surface area (Å²) in [5.41, 5.74) is 1.54. The molecule has 1 N–H and O–H groups in total. The summed E-state index contributed by atoms with van der Waals surface area (Å²) >= 11 is 0. The molecule has 0 bridgehead atoms. The summed E-state index contributed by atoms with van der Waals surface area (Å²) in [5.74, 6) is 0.687. The highest BCUT2D eigenvalue weighted by molar-refractivity contribution is 5.21. The van der Waals surface area contributed by atoms with Crippen molar-refractivity contribution in [1.82, 2.24) is 10.2 Å². The molecule has 1 rings (SSSR count). The summed E-state index contributed by atoms with van der Waals surface area (Å²) in [7, 11) is 0. The number of rotatable bonds is 3. The van der Waals surface area contributed by atoms with Gasteiger partial charge in [-0.05, 0) is 24.8 Å². The molecule has 64 valence electrons. The minimum Gasteiger partial charge on any atom is -0.268 e. The molecule has 12 heavy (non-hydrogen) atoms. The standard InChI is InChI=1S/C9H13N3/c1-7(2)3-4-8-5-9(6-10)12-11-8/h5,7H,3-4H2,1-2H3,(H,11,12). The third-order valence-electron chi connectivity index (χ3n) is 1.73. The Balaban J connectivity index is 2.48. The summed E-state index contributed by atoms with van der Waals surface area (Å²) in [6.07, 6.45) is 2.07. The Morgan fingerprint density at radius 3 is 2.92 bits per heavy atom. The van der Waals surface area contributed by atoms with Crippen LogP contribution in [0, 0.1) is 17.2 Å². The molecule has 1 heterocycles. The largest absolute Gasteiger partial charge is 0.268 e. The van der Waals surface area contributed by atoms with Gasteiger partial charge in [0.15, 0.2) is 0 Å². The first kappa shape index (κ1) is 8.79. The Kier molecular flexibility index (Phi) is 2.87. The molecule has 0 aromatic carbocycles. The van der Waals surface area contributed by atoms with Gasteiger partial charge in [0.25, 0.3) is 0 Å². The first-order chi connectivity index (χ1) is 5.72. The van der Waals surface area contributed by atoms with E-state index < -0.39 is 0 Å². The van der Waals surface area contributed by atoms with Crippen molar-refractivity contribution in [3.05, 3.63) is 17.5 Å². The zero-order chi connectivity index (χ0) is 8.97. The first-order valence-electron chi connectivity index (χ1n) is 4.16. The molecule has 0 spiro atoms. The maximum Gasteiger partial charge on any atom is 0.135 e. The Hall–Kier alpha value is -1.30. The molecule has 0 radical (unpaired) electrons. The topological polar surface area (TPSA) is 52.5 Å². The number of nitriles is 1. The number of aromatic nitrogens is 2. The zero-order valence-electron chi connectivity index (χ0n) is 7.46. The third-order valence-corrected chi connectivity index (χ3v) is 1.73. The van der Waals surface area contributed by atoms with E-state index in [0.717, 1.165) is 18.5 Å². The van der Waals surface area contributed by atoms with Crippen molar-refractivity contribution in [1.29, 1.82) is 5.26 Å². The number of hydrogen-bond donors (Lipinski definition) is 1. The normalized spacial score (nSPS) is 10.2. The predicted octanol–water partition coefficient (Wildman–Crippen LogP) is 1.87. The summed E-state index contributed by atoms with van der Waals surface area (Å²) in [6.45, 7) is 4.36. The van der Waals surface area contributed by atoms with Gasteiger partial charge in [-0.25, -0.2) is 0 Å². The van der Waals surface area contributed by atoms with Gasteiger partial charge in [0.2, 0.25) is 0 Å². The van der Waals surface area contributed by atoms with E-state index >= 15 is 0 Å². The van der Waals surface area contributed by atoms with Gasteiger partial charge in [-0.3, -0.25) is 5.10 Å². The number of nitrogens with one attached hydrogen (secondary N) is 1. The van der Waals surface area contributed by atoms with Gasteiger partial charge >= 0.3 is 0 Å². The lowest BCUT2D eigenvalue weighted by molar-refractivity contribution is 0.581. The van der Waals surface area contributed by atoms with Crippen molar-refractivity contribution in [2.24, 2.45) is 5.92 Å². The van der Waals surface area contributed by atoms with Crippen LogP contribution in [0.3, 0.4) is 0 Å². The van der Waals surface area contributed by atoms with E-state index in [1.165, 1.54) is 0 Å². The lowest BCUT2D eigenvalue weighted by atomic mass is 10.1. The number of hydrogen-bond acceptors (Lipinski definition) is 2. The smallest absolute Gasteiger partial charge is 0.135 e. The molecule has 0 unspecified atom stereocenters. The summed E-state index contributed by atoms with van der Waals surface area (Å²) in [6, 6.07) is 3.82. The molecule has 0 atom stereocenters. The van der Waals surface area contributed by atoms with Crippen LogP contribution in [0.15, 0.2) is 6.07 Å². The molecule has 3 nitrogen and oxygen atoms in total. The molecule has 0 fully saturated rings.